The molecule has 6 nitrogen and oxygen atoms in total. The number of carboxylic acid groups (broad SMARTS) is 1. The number of hydrogen-bond acceptors (Lipinski definition) is 5. The second kappa shape index (κ2) is 8.98. The van der Waals surface area contributed by atoms with E-state index in [2.05, 4.69) is 28.2 Å². The first kappa shape index (κ1) is 18.3. The number of rotatable bonds is 4. The second-order valence-electron chi connectivity index (χ2n) is 2.57. The maximum absolute atomic E-state index is 10.8. The van der Waals surface area contributed by atoms with Gasteiger partial charge in [-0.2, -0.15) is 0 Å². The van der Waals surface area contributed by atoms with E-state index in [4.69, 9.17) is 5.11 Å². The van der Waals surface area contributed by atoms with E-state index in [1.54, 1.807) is 0 Å². The number of nitrogens with zero attached hydrogens (tertiary/aromatic N) is 4. The van der Waals surface area contributed by atoms with Gasteiger partial charge in [0.05, 0.1) is 0 Å². The van der Waals surface area contributed by atoms with Gasteiger partial charge in [-0.1, -0.05) is 13.3 Å². The third-order valence-corrected chi connectivity index (χ3v) is 1.91. The van der Waals surface area contributed by atoms with Crippen molar-refractivity contribution < 1.29 is 9.90 Å². The quantitative estimate of drug-likeness (QED) is 0.534. The van der Waals surface area contributed by atoms with E-state index in [9.17, 15) is 4.79 Å². The standard InChI is InChI=1S/C6H10N4O2S.2Na.2H/c1-2-3-4(5(11)12)10-6(13)7-8-9-10;;;;/h4H,2-3H2,1H3,(H,11,12)(H,7,9,13);;;;. The summed E-state index contributed by atoms with van der Waals surface area (Å²) in [5.74, 6) is -0.940. The van der Waals surface area contributed by atoms with Gasteiger partial charge in [0.25, 0.3) is 0 Å². The molecule has 0 saturated heterocycles. The van der Waals surface area contributed by atoms with E-state index in [1.165, 1.54) is 4.68 Å². The van der Waals surface area contributed by atoms with Crippen LogP contribution in [0.4, 0.5) is 0 Å². The van der Waals surface area contributed by atoms with Crippen LogP contribution in [0.3, 0.4) is 0 Å². The van der Waals surface area contributed by atoms with Crippen LogP contribution in [-0.4, -0.2) is 90.4 Å². The molecule has 15 heavy (non-hydrogen) atoms. The van der Waals surface area contributed by atoms with Crippen molar-refractivity contribution >= 4 is 77.7 Å². The Bertz CT molecular complexity index is 309. The van der Waals surface area contributed by atoms with Gasteiger partial charge in [-0.15, -0.1) is 17.7 Å². The van der Waals surface area contributed by atoms with Crippen molar-refractivity contribution in [1.29, 1.82) is 0 Å². The van der Waals surface area contributed by atoms with Crippen molar-refractivity contribution in [2.24, 2.45) is 0 Å². The molecule has 0 spiro atoms. The minimum atomic E-state index is -0.940. The van der Waals surface area contributed by atoms with Crippen molar-refractivity contribution in [1.82, 2.24) is 20.2 Å². The molecule has 0 aromatic carbocycles. The number of carbonyl (C=O) groups is 1. The summed E-state index contributed by atoms with van der Waals surface area (Å²) in [6.07, 6.45) is 1.25. The molecule has 0 fully saturated rings. The molecule has 9 heteroatoms. The molecule has 1 aromatic rings. The number of aromatic nitrogens is 4. The summed E-state index contributed by atoms with van der Waals surface area (Å²) >= 11 is 3.94. The van der Waals surface area contributed by atoms with Crippen LogP contribution in [0.15, 0.2) is 5.16 Å². The number of thiol groups is 1. The van der Waals surface area contributed by atoms with Crippen LogP contribution in [0.25, 0.3) is 0 Å². The van der Waals surface area contributed by atoms with E-state index in [0.29, 0.717) is 6.42 Å². The van der Waals surface area contributed by atoms with Crippen LogP contribution >= 0.6 is 12.6 Å². The molecule has 1 atom stereocenters. The van der Waals surface area contributed by atoms with Crippen LogP contribution in [0, 0.1) is 0 Å². The Balaban J connectivity index is 0. The van der Waals surface area contributed by atoms with Gasteiger partial charge in [0.1, 0.15) is 0 Å². The molecule has 0 saturated carbocycles. The van der Waals surface area contributed by atoms with Crippen LogP contribution in [0.1, 0.15) is 25.8 Å². The molecule has 0 aliphatic carbocycles. The first-order valence-corrected chi connectivity index (χ1v) is 4.31. The Kier molecular flexibility index (Phi) is 10.9. The molecule has 0 bridgehead atoms. The van der Waals surface area contributed by atoms with Gasteiger partial charge in [0.15, 0.2) is 6.04 Å². The summed E-state index contributed by atoms with van der Waals surface area (Å²) in [4.78, 5) is 10.8. The molecular weight excluding hydrogens is 238 g/mol. The average molecular weight is 250 g/mol. The number of tetrazole rings is 1. The summed E-state index contributed by atoms with van der Waals surface area (Å²) in [7, 11) is 0. The Morgan fingerprint density at radius 3 is 2.53 bits per heavy atom. The Morgan fingerprint density at radius 2 is 2.20 bits per heavy atom. The molecule has 1 heterocycles. The van der Waals surface area contributed by atoms with Crippen LogP contribution < -0.4 is 0 Å². The molecule has 76 valence electrons. The van der Waals surface area contributed by atoms with Gasteiger partial charge in [-0.05, 0) is 16.8 Å². The fraction of sp³-hybridized carbons (Fsp3) is 0.667. The van der Waals surface area contributed by atoms with E-state index in [1.807, 2.05) is 6.92 Å². The molecule has 0 aliphatic rings. The zero-order valence-corrected chi connectivity index (χ0v) is 7.98. The fourth-order valence-electron chi connectivity index (χ4n) is 1.01. The third-order valence-electron chi connectivity index (χ3n) is 1.62. The van der Waals surface area contributed by atoms with Crippen LogP contribution in [0.2, 0.25) is 0 Å². The van der Waals surface area contributed by atoms with Gasteiger partial charge < -0.3 is 5.11 Å². The van der Waals surface area contributed by atoms with Crippen molar-refractivity contribution in [3.8, 4) is 0 Å². The summed E-state index contributed by atoms with van der Waals surface area (Å²) in [5.41, 5.74) is 0. The van der Waals surface area contributed by atoms with Crippen LogP contribution in [0.5, 0.6) is 0 Å². The Labute approximate surface area is 137 Å². The van der Waals surface area contributed by atoms with Crippen molar-refractivity contribution in [3.05, 3.63) is 0 Å². The fourth-order valence-corrected chi connectivity index (χ4v) is 1.23. The third kappa shape index (κ3) is 5.16. The number of carboxylic acids is 1. The van der Waals surface area contributed by atoms with Crippen molar-refractivity contribution in [2.45, 2.75) is 31.0 Å². The SMILES string of the molecule is CCCC(C(=O)O)n1nnnc1S.[NaH].[NaH]. The van der Waals surface area contributed by atoms with Crippen molar-refractivity contribution in [3.63, 3.8) is 0 Å². The number of hydrogen-bond donors (Lipinski definition) is 2. The van der Waals surface area contributed by atoms with E-state index in [0.717, 1.165) is 6.42 Å². The Hall–Kier alpha value is 0.890. The van der Waals surface area contributed by atoms with Gasteiger partial charge in [0, 0.05) is 0 Å². The molecule has 0 aliphatic heterocycles. The second-order valence-corrected chi connectivity index (χ2v) is 2.97. The van der Waals surface area contributed by atoms with Gasteiger partial charge in [-0.3, -0.25) is 0 Å². The predicted octanol–water partition coefficient (Wildman–Crippen LogP) is -0.909. The molecule has 0 radical (unpaired) electrons. The molecular formula is C6H12N4Na2O2S. The van der Waals surface area contributed by atoms with E-state index >= 15 is 0 Å². The van der Waals surface area contributed by atoms with Crippen LogP contribution in [-0.2, 0) is 4.79 Å². The van der Waals surface area contributed by atoms with E-state index < -0.39 is 12.0 Å². The van der Waals surface area contributed by atoms with Gasteiger partial charge >= 0.3 is 65.1 Å². The van der Waals surface area contributed by atoms with Gasteiger partial charge in [-0.25, -0.2) is 9.48 Å². The summed E-state index contributed by atoms with van der Waals surface area (Å²) in [6.45, 7) is 1.90. The normalized spacial score (nSPS) is 11.1. The topological polar surface area (TPSA) is 80.9 Å². The average Bonchev–Trinajstić information content (AvgIpc) is 2.47. The van der Waals surface area contributed by atoms with E-state index in [-0.39, 0.29) is 64.3 Å². The molecule has 1 rings (SSSR count). The van der Waals surface area contributed by atoms with Gasteiger partial charge in [0.2, 0.25) is 5.16 Å². The number of aliphatic carboxylic acids is 1. The zero-order valence-electron chi connectivity index (χ0n) is 7.08. The predicted molar refractivity (Wildman–Crippen MR) is 60.9 cm³/mol. The summed E-state index contributed by atoms with van der Waals surface area (Å²) < 4.78 is 1.20. The molecule has 1 aromatic heterocycles. The molecule has 0 amide bonds. The first-order valence-electron chi connectivity index (χ1n) is 3.86. The molecule has 1 unspecified atom stereocenters. The zero-order chi connectivity index (χ0) is 9.84. The summed E-state index contributed by atoms with van der Waals surface area (Å²) in [5, 5.41) is 19.5. The Morgan fingerprint density at radius 1 is 1.60 bits per heavy atom. The molecule has 1 N–H and O–H groups in total. The monoisotopic (exact) mass is 250 g/mol. The summed E-state index contributed by atoms with van der Waals surface area (Å²) in [6, 6.07) is -0.715. The minimum absolute atomic E-state index is 0. The maximum atomic E-state index is 10.8. The van der Waals surface area contributed by atoms with Crippen molar-refractivity contribution in [2.75, 3.05) is 0 Å². The first-order chi connectivity index (χ1) is 6.16.